The highest BCUT2D eigenvalue weighted by atomic mass is 79.9. The van der Waals surface area contributed by atoms with Crippen LogP contribution < -0.4 is 4.72 Å². The molecule has 0 aliphatic rings. The van der Waals surface area contributed by atoms with Crippen LogP contribution in [0.3, 0.4) is 0 Å². The Kier molecular flexibility index (Phi) is 4.18. The molecule has 0 atom stereocenters. The number of alkyl halides is 1. The molecule has 0 saturated carbocycles. The van der Waals surface area contributed by atoms with Crippen LogP contribution in [-0.2, 0) is 16.6 Å². The molecule has 0 bridgehead atoms. The van der Waals surface area contributed by atoms with Crippen molar-refractivity contribution in [2.45, 2.75) is 6.54 Å². The van der Waals surface area contributed by atoms with Gasteiger partial charge < -0.3 is 0 Å². The standard InChI is InChI=1S/C6H7BrClNO2S2/c7-5-1-6(12-3-5)2-9-13(10,11)4-8/h1,3,9H,2,4H2. The molecule has 13 heavy (non-hydrogen) atoms. The van der Waals surface area contributed by atoms with Crippen molar-refractivity contribution in [2.24, 2.45) is 0 Å². The van der Waals surface area contributed by atoms with E-state index in [2.05, 4.69) is 20.7 Å². The lowest BCUT2D eigenvalue weighted by molar-refractivity contribution is 0.586. The summed E-state index contributed by atoms with van der Waals surface area (Å²) in [4.78, 5) is 0.945. The zero-order valence-corrected chi connectivity index (χ0v) is 10.4. The number of hydrogen-bond donors (Lipinski definition) is 1. The van der Waals surface area contributed by atoms with E-state index in [9.17, 15) is 8.42 Å². The molecule has 0 fully saturated rings. The number of sulfonamides is 1. The van der Waals surface area contributed by atoms with Crippen molar-refractivity contribution in [3.05, 3.63) is 20.8 Å². The summed E-state index contributed by atoms with van der Waals surface area (Å²) in [5.74, 6) is 0. The topological polar surface area (TPSA) is 46.2 Å². The van der Waals surface area contributed by atoms with E-state index in [1.54, 1.807) is 0 Å². The van der Waals surface area contributed by atoms with Gasteiger partial charge in [-0.25, -0.2) is 13.1 Å². The van der Waals surface area contributed by atoms with E-state index in [0.717, 1.165) is 9.35 Å². The summed E-state index contributed by atoms with van der Waals surface area (Å²) in [6.45, 7) is 0.297. The van der Waals surface area contributed by atoms with Gasteiger partial charge in [-0.3, -0.25) is 0 Å². The number of halogens is 2. The fourth-order valence-electron chi connectivity index (χ4n) is 0.666. The number of nitrogens with one attached hydrogen (secondary N) is 1. The summed E-state index contributed by atoms with van der Waals surface area (Å²) in [7, 11) is -3.30. The van der Waals surface area contributed by atoms with Crippen molar-refractivity contribution in [3.8, 4) is 0 Å². The Labute approximate surface area is 94.3 Å². The fourth-order valence-corrected chi connectivity index (χ4v) is 2.83. The number of rotatable bonds is 4. The van der Waals surface area contributed by atoms with E-state index in [-0.39, 0.29) is 0 Å². The second-order valence-corrected chi connectivity index (χ2v) is 6.58. The Bertz CT molecular complexity index is 376. The molecule has 1 heterocycles. The van der Waals surface area contributed by atoms with E-state index >= 15 is 0 Å². The predicted octanol–water partition coefficient (Wildman–Crippen LogP) is 2.13. The molecule has 0 aliphatic heterocycles. The minimum atomic E-state index is -3.30. The average molecular weight is 305 g/mol. The minimum absolute atomic E-state index is 0.297. The van der Waals surface area contributed by atoms with E-state index in [1.165, 1.54) is 11.3 Å². The summed E-state index contributed by atoms with van der Waals surface area (Å²) < 4.78 is 25.2. The molecular weight excluding hydrogens is 298 g/mol. The van der Waals surface area contributed by atoms with Gasteiger partial charge in [-0.1, -0.05) is 0 Å². The van der Waals surface area contributed by atoms with E-state index < -0.39 is 15.2 Å². The smallest absolute Gasteiger partial charge is 0.211 e. The molecule has 3 nitrogen and oxygen atoms in total. The monoisotopic (exact) mass is 303 g/mol. The zero-order chi connectivity index (χ0) is 9.90. The molecule has 0 radical (unpaired) electrons. The molecule has 7 heteroatoms. The van der Waals surface area contributed by atoms with Crippen LogP contribution in [-0.4, -0.2) is 13.6 Å². The van der Waals surface area contributed by atoms with Gasteiger partial charge in [-0.05, 0) is 22.0 Å². The van der Waals surface area contributed by atoms with Gasteiger partial charge in [-0.15, -0.1) is 22.9 Å². The van der Waals surface area contributed by atoms with Gasteiger partial charge in [0.25, 0.3) is 0 Å². The maximum absolute atomic E-state index is 10.9. The minimum Gasteiger partial charge on any atom is -0.211 e. The second-order valence-electron chi connectivity index (χ2n) is 2.28. The quantitative estimate of drug-likeness (QED) is 0.866. The molecule has 74 valence electrons. The molecule has 0 saturated heterocycles. The highest BCUT2D eigenvalue weighted by Crippen LogP contribution is 2.19. The van der Waals surface area contributed by atoms with Crippen LogP contribution in [0.5, 0.6) is 0 Å². The van der Waals surface area contributed by atoms with Gasteiger partial charge in [0.15, 0.2) is 0 Å². The summed E-state index contributed by atoms with van der Waals surface area (Å²) >= 11 is 9.97. The molecule has 0 aliphatic carbocycles. The SMILES string of the molecule is O=S(=O)(CCl)NCc1cc(Br)cs1. The molecule has 1 rings (SSSR count). The third-order valence-electron chi connectivity index (χ3n) is 1.23. The lowest BCUT2D eigenvalue weighted by Crippen LogP contribution is -2.23. The lowest BCUT2D eigenvalue weighted by Gasteiger charge is -2.00. The van der Waals surface area contributed by atoms with Gasteiger partial charge >= 0.3 is 0 Å². The van der Waals surface area contributed by atoms with Crippen LogP contribution in [0.4, 0.5) is 0 Å². The molecule has 0 amide bonds. The van der Waals surface area contributed by atoms with Crippen LogP contribution in [0.15, 0.2) is 15.9 Å². The van der Waals surface area contributed by atoms with E-state index in [0.29, 0.717) is 6.54 Å². The van der Waals surface area contributed by atoms with Crippen molar-refractivity contribution in [2.75, 3.05) is 5.21 Å². The largest absolute Gasteiger partial charge is 0.225 e. The third kappa shape index (κ3) is 3.95. The second kappa shape index (κ2) is 4.75. The Morgan fingerprint density at radius 3 is 2.77 bits per heavy atom. The van der Waals surface area contributed by atoms with Crippen LogP contribution in [0, 0.1) is 0 Å². The third-order valence-corrected chi connectivity index (χ3v) is 4.66. The maximum atomic E-state index is 10.9. The first-order chi connectivity index (χ1) is 6.03. The van der Waals surface area contributed by atoms with Gasteiger partial charge in [0, 0.05) is 21.3 Å². The Morgan fingerprint density at radius 1 is 1.62 bits per heavy atom. The van der Waals surface area contributed by atoms with Gasteiger partial charge in [0.05, 0.1) is 0 Å². The molecule has 1 aromatic rings. The van der Waals surface area contributed by atoms with Crippen molar-refractivity contribution >= 4 is 48.9 Å². The average Bonchev–Trinajstić information content (AvgIpc) is 2.48. The Morgan fingerprint density at radius 2 is 2.31 bits per heavy atom. The van der Waals surface area contributed by atoms with Crippen molar-refractivity contribution in [1.82, 2.24) is 4.72 Å². The van der Waals surface area contributed by atoms with Crippen molar-refractivity contribution in [1.29, 1.82) is 0 Å². The zero-order valence-electron chi connectivity index (χ0n) is 6.46. The predicted molar refractivity (Wildman–Crippen MR) is 58.5 cm³/mol. The molecule has 0 spiro atoms. The summed E-state index contributed by atoms with van der Waals surface area (Å²) in [5.41, 5.74) is 0. The van der Waals surface area contributed by atoms with Crippen molar-refractivity contribution in [3.63, 3.8) is 0 Å². The van der Waals surface area contributed by atoms with Gasteiger partial charge in [-0.2, -0.15) is 0 Å². The molecule has 1 aromatic heterocycles. The normalized spacial score (nSPS) is 11.8. The first-order valence-corrected chi connectivity index (χ1v) is 7.15. The Balaban J connectivity index is 2.53. The molecule has 0 unspecified atom stereocenters. The highest BCUT2D eigenvalue weighted by Gasteiger charge is 2.07. The van der Waals surface area contributed by atoms with Crippen LogP contribution in [0.1, 0.15) is 4.88 Å². The first kappa shape index (κ1) is 11.5. The lowest BCUT2D eigenvalue weighted by atomic mass is 10.5. The maximum Gasteiger partial charge on any atom is 0.225 e. The molecule has 0 aromatic carbocycles. The van der Waals surface area contributed by atoms with Crippen LogP contribution in [0.2, 0.25) is 0 Å². The fraction of sp³-hybridized carbons (Fsp3) is 0.333. The summed E-state index contributed by atoms with van der Waals surface area (Å²) in [6.07, 6.45) is 0. The first-order valence-electron chi connectivity index (χ1n) is 3.30. The van der Waals surface area contributed by atoms with Crippen LogP contribution in [0.25, 0.3) is 0 Å². The summed E-state index contributed by atoms with van der Waals surface area (Å²) in [6, 6.07) is 1.86. The van der Waals surface area contributed by atoms with Gasteiger partial charge in [0.2, 0.25) is 10.0 Å². The van der Waals surface area contributed by atoms with E-state index in [1.807, 2.05) is 11.4 Å². The molecule has 1 N–H and O–H groups in total. The van der Waals surface area contributed by atoms with Crippen LogP contribution >= 0.6 is 38.9 Å². The Hall–Kier alpha value is 0.380. The highest BCUT2D eigenvalue weighted by molar-refractivity contribution is 9.10. The van der Waals surface area contributed by atoms with Gasteiger partial charge in [0.1, 0.15) is 5.21 Å². The van der Waals surface area contributed by atoms with E-state index in [4.69, 9.17) is 11.6 Å². The number of hydrogen-bond acceptors (Lipinski definition) is 3. The van der Waals surface area contributed by atoms with Crippen molar-refractivity contribution < 1.29 is 8.42 Å². The molecular formula is C6H7BrClNO2S2. The number of thiophene rings is 1. The summed E-state index contributed by atoms with van der Waals surface area (Å²) in [5, 5.41) is 1.49.